The molecular formula is C17H23N5O3. The van der Waals surface area contributed by atoms with Gasteiger partial charge in [-0.1, -0.05) is 0 Å². The van der Waals surface area contributed by atoms with E-state index in [4.69, 9.17) is 9.47 Å². The third kappa shape index (κ3) is 5.32. The fraction of sp³-hybridized carbons (Fsp3) is 0.353. The van der Waals surface area contributed by atoms with Crippen LogP contribution in [0.1, 0.15) is 10.5 Å². The second-order valence-corrected chi connectivity index (χ2v) is 5.54. The summed E-state index contributed by atoms with van der Waals surface area (Å²) < 4.78 is 10.5. The van der Waals surface area contributed by atoms with Gasteiger partial charge in [-0.25, -0.2) is 9.97 Å². The van der Waals surface area contributed by atoms with Crippen LogP contribution in [0.4, 0.5) is 11.5 Å². The number of nitrogens with zero attached hydrogens (tertiary/aromatic N) is 3. The van der Waals surface area contributed by atoms with Crippen molar-refractivity contribution in [1.29, 1.82) is 0 Å². The average Bonchev–Trinajstić information content (AvgIpc) is 2.61. The van der Waals surface area contributed by atoms with Crippen molar-refractivity contribution in [1.82, 2.24) is 20.2 Å². The van der Waals surface area contributed by atoms with Crippen molar-refractivity contribution in [3.63, 3.8) is 0 Å². The van der Waals surface area contributed by atoms with E-state index in [1.807, 2.05) is 19.0 Å². The summed E-state index contributed by atoms with van der Waals surface area (Å²) in [5.41, 5.74) is 0.970. The smallest absolute Gasteiger partial charge is 0.270 e. The van der Waals surface area contributed by atoms with Crippen molar-refractivity contribution in [2.24, 2.45) is 0 Å². The highest BCUT2D eigenvalue weighted by molar-refractivity contribution is 5.93. The lowest BCUT2D eigenvalue weighted by atomic mass is 10.2. The highest BCUT2D eigenvalue weighted by Gasteiger charge is 2.11. The fourth-order valence-corrected chi connectivity index (χ4v) is 2.08. The third-order valence-corrected chi connectivity index (χ3v) is 3.41. The number of hydrogen-bond acceptors (Lipinski definition) is 7. The summed E-state index contributed by atoms with van der Waals surface area (Å²) >= 11 is 0. The first kappa shape index (κ1) is 18.5. The van der Waals surface area contributed by atoms with Gasteiger partial charge in [-0.05, 0) is 26.2 Å². The van der Waals surface area contributed by atoms with Crippen molar-refractivity contribution in [3.05, 3.63) is 36.3 Å². The number of benzene rings is 1. The van der Waals surface area contributed by atoms with Crippen LogP contribution in [0.3, 0.4) is 0 Å². The zero-order chi connectivity index (χ0) is 18.2. The minimum absolute atomic E-state index is 0.245. The van der Waals surface area contributed by atoms with Gasteiger partial charge in [-0.15, -0.1) is 0 Å². The molecule has 0 aliphatic carbocycles. The lowest BCUT2D eigenvalue weighted by molar-refractivity contribution is 0.0946. The highest BCUT2D eigenvalue weighted by atomic mass is 16.5. The van der Waals surface area contributed by atoms with Crippen molar-refractivity contribution >= 4 is 17.4 Å². The van der Waals surface area contributed by atoms with Gasteiger partial charge in [-0.2, -0.15) is 0 Å². The number of aromatic nitrogens is 2. The normalized spacial score (nSPS) is 10.4. The van der Waals surface area contributed by atoms with Crippen LogP contribution >= 0.6 is 0 Å². The van der Waals surface area contributed by atoms with Crippen LogP contribution in [0.5, 0.6) is 11.5 Å². The van der Waals surface area contributed by atoms with Crippen molar-refractivity contribution in [3.8, 4) is 11.5 Å². The Hall–Kier alpha value is -2.87. The second kappa shape index (κ2) is 8.84. The zero-order valence-electron chi connectivity index (χ0n) is 14.9. The van der Waals surface area contributed by atoms with E-state index in [2.05, 4.69) is 20.6 Å². The minimum Gasteiger partial charge on any atom is -0.497 e. The van der Waals surface area contributed by atoms with Gasteiger partial charge in [0.1, 0.15) is 29.3 Å². The van der Waals surface area contributed by atoms with E-state index in [0.29, 0.717) is 29.5 Å². The molecule has 2 rings (SSSR count). The maximum absolute atomic E-state index is 12.2. The molecule has 0 aliphatic heterocycles. The summed E-state index contributed by atoms with van der Waals surface area (Å²) in [6.07, 6.45) is 1.34. The summed E-state index contributed by atoms with van der Waals surface area (Å²) in [7, 11) is 7.06. The Balaban J connectivity index is 2.12. The maximum Gasteiger partial charge on any atom is 0.270 e. The van der Waals surface area contributed by atoms with Gasteiger partial charge in [0.2, 0.25) is 0 Å². The molecule has 0 saturated heterocycles. The Bertz CT molecular complexity index is 721. The first-order valence-corrected chi connectivity index (χ1v) is 7.77. The van der Waals surface area contributed by atoms with Crippen LogP contribution in [0.15, 0.2) is 30.6 Å². The monoisotopic (exact) mass is 345 g/mol. The number of ether oxygens (including phenoxy) is 2. The summed E-state index contributed by atoms with van der Waals surface area (Å²) in [6.45, 7) is 1.30. The standard InChI is InChI=1S/C17H23N5O3/c1-22(2)8-7-18-17(23)14-10-16(20-11-19-14)21-13-9-12(24-3)5-6-15(13)25-4/h5-6,9-11H,7-8H2,1-4H3,(H,18,23)(H,19,20,21). The quantitative estimate of drug-likeness (QED) is 0.750. The van der Waals surface area contributed by atoms with Crippen LogP contribution in [0.25, 0.3) is 0 Å². The van der Waals surface area contributed by atoms with Gasteiger partial charge in [-0.3, -0.25) is 4.79 Å². The summed E-state index contributed by atoms with van der Waals surface area (Å²) in [5, 5.41) is 5.94. The molecule has 134 valence electrons. The van der Waals surface area contributed by atoms with Crippen LogP contribution < -0.4 is 20.1 Å². The molecular weight excluding hydrogens is 322 g/mol. The molecule has 0 bridgehead atoms. The number of nitrogens with one attached hydrogen (secondary N) is 2. The van der Waals surface area contributed by atoms with Gasteiger partial charge in [0.15, 0.2) is 0 Å². The molecule has 0 unspecified atom stereocenters. The summed E-state index contributed by atoms with van der Waals surface area (Å²) in [5.74, 6) is 1.56. The van der Waals surface area contributed by atoms with Gasteiger partial charge in [0, 0.05) is 25.2 Å². The van der Waals surface area contributed by atoms with E-state index >= 15 is 0 Å². The topological polar surface area (TPSA) is 88.6 Å². The molecule has 8 nitrogen and oxygen atoms in total. The van der Waals surface area contributed by atoms with Gasteiger partial charge >= 0.3 is 0 Å². The van der Waals surface area contributed by atoms with Crippen LogP contribution in [0, 0.1) is 0 Å². The molecule has 2 aromatic rings. The fourth-order valence-electron chi connectivity index (χ4n) is 2.08. The second-order valence-electron chi connectivity index (χ2n) is 5.54. The molecule has 0 atom stereocenters. The SMILES string of the molecule is COc1ccc(OC)c(Nc2cc(C(=O)NCCN(C)C)ncn2)c1. The Morgan fingerprint density at radius 1 is 1.16 bits per heavy atom. The Labute approximate surface area is 147 Å². The number of anilines is 2. The number of amides is 1. The van der Waals surface area contributed by atoms with Gasteiger partial charge in [0.05, 0.1) is 19.9 Å². The molecule has 1 heterocycles. The first-order valence-electron chi connectivity index (χ1n) is 7.77. The largest absolute Gasteiger partial charge is 0.497 e. The molecule has 0 spiro atoms. The summed E-state index contributed by atoms with van der Waals surface area (Å²) in [4.78, 5) is 22.3. The molecule has 25 heavy (non-hydrogen) atoms. The van der Waals surface area contributed by atoms with Crippen LogP contribution in [-0.4, -0.2) is 62.2 Å². The van der Waals surface area contributed by atoms with Crippen LogP contribution in [0.2, 0.25) is 0 Å². The number of hydrogen-bond donors (Lipinski definition) is 2. The van der Waals surface area contributed by atoms with Crippen molar-refractivity contribution < 1.29 is 14.3 Å². The van der Waals surface area contributed by atoms with Gasteiger partial charge < -0.3 is 25.0 Å². The molecule has 1 aromatic carbocycles. The predicted molar refractivity (Wildman–Crippen MR) is 95.7 cm³/mol. The minimum atomic E-state index is -0.245. The number of likely N-dealkylation sites (N-methyl/N-ethyl adjacent to an activating group) is 1. The maximum atomic E-state index is 12.2. The van der Waals surface area contributed by atoms with Gasteiger partial charge in [0.25, 0.3) is 5.91 Å². The van der Waals surface area contributed by atoms with E-state index in [1.165, 1.54) is 6.33 Å². The lowest BCUT2D eigenvalue weighted by Crippen LogP contribution is -2.31. The summed E-state index contributed by atoms with van der Waals surface area (Å²) in [6, 6.07) is 6.96. The van der Waals surface area contributed by atoms with Crippen molar-refractivity contribution in [2.75, 3.05) is 46.7 Å². The third-order valence-electron chi connectivity index (χ3n) is 3.41. The first-order chi connectivity index (χ1) is 12.0. The molecule has 0 fully saturated rings. The van der Waals surface area contributed by atoms with E-state index in [9.17, 15) is 4.79 Å². The molecule has 1 amide bonds. The number of rotatable bonds is 8. The van der Waals surface area contributed by atoms with E-state index in [1.54, 1.807) is 38.5 Å². The molecule has 2 N–H and O–H groups in total. The number of carbonyl (C=O) groups excluding carboxylic acids is 1. The molecule has 1 aromatic heterocycles. The molecule has 0 saturated carbocycles. The van der Waals surface area contributed by atoms with E-state index in [0.717, 1.165) is 6.54 Å². The number of methoxy groups -OCH3 is 2. The van der Waals surface area contributed by atoms with Crippen LogP contribution in [-0.2, 0) is 0 Å². The molecule has 0 aliphatic rings. The zero-order valence-corrected chi connectivity index (χ0v) is 14.9. The Kier molecular flexibility index (Phi) is 6.53. The lowest BCUT2D eigenvalue weighted by Gasteiger charge is -2.13. The van der Waals surface area contributed by atoms with E-state index < -0.39 is 0 Å². The number of carbonyl (C=O) groups is 1. The Morgan fingerprint density at radius 2 is 1.96 bits per heavy atom. The molecule has 8 heteroatoms. The Morgan fingerprint density at radius 3 is 2.64 bits per heavy atom. The average molecular weight is 345 g/mol. The van der Waals surface area contributed by atoms with E-state index in [-0.39, 0.29) is 11.6 Å². The van der Waals surface area contributed by atoms with Crippen molar-refractivity contribution in [2.45, 2.75) is 0 Å². The highest BCUT2D eigenvalue weighted by Crippen LogP contribution is 2.30. The molecule has 0 radical (unpaired) electrons. The predicted octanol–water partition coefficient (Wildman–Crippen LogP) is 1.53.